The van der Waals surface area contributed by atoms with Crippen LogP contribution >= 0.6 is 0 Å². The van der Waals surface area contributed by atoms with Gasteiger partial charge in [-0.05, 0) is 62.1 Å². The monoisotopic (exact) mass is 399 g/mol. The minimum absolute atomic E-state index is 0.236. The number of unbranched alkanes of at least 4 members (excludes halogenated alkanes) is 1. The lowest BCUT2D eigenvalue weighted by molar-refractivity contribution is 0.0699. The molecule has 4 nitrogen and oxygen atoms in total. The van der Waals surface area contributed by atoms with Crippen molar-refractivity contribution >= 4 is 16.9 Å². The maximum Gasteiger partial charge on any atom is 0.336 e. The van der Waals surface area contributed by atoms with Gasteiger partial charge in [0.1, 0.15) is 11.5 Å². The molecule has 0 fully saturated rings. The Hall–Kier alpha value is -3.40. The summed E-state index contributed by atoms with van der Waals surface area (Å²) >= 11 is 0. The Kier molecular flexibility index (Phi) is 5.40. The fourth-order valence-electron chi connectivity index (χ4n) is 3.83. The van der Waals surface area contributed by atoms with Crippen LogP contribution in [0.2, 0.25) is 0 Å². The Labute approximate surface area is 176 Å². The van der Waals surface area contributed by atoms with Crippen molar-refractivity contribution in [3.8, 4) is 22.8 Å². The van der Waals surface area contributed by atoms with Crippen LogP contribution in [0.3, 0.4) is 0 Å². The number of carboxylic acids is 1. The van der Waals surface area contributed by atoms with Gasteiger partial charge in [0.15, 0.2) is 5.76 Å². The first kappa shape index (κ1) is 19.9. The molecule has 0 unspecified atom stereocenters. The van der Waals surface area contributed by atoms with Gasteiger partial charge >= 0.3 is 5.97 Å². The zero-order chi connectivity index (χ0) is 21.3. The quantitative estimate of drug-likeness (QED) is 0.386. The molecule has 152 valence electrons. The number of carbonyl (C=O) groups is 1. The van der Waals surface area contributed by atoms with Crippen molar-refractivity contribution in [1.82, 2.24) is 4.98 Å². The largest absolute Gasteiger partial charge is 0.478 e. The normalized spacial score (nSPS) is 11.2. The van der Waals surface area contributed by atoms with Crippen molar-refractivity contribution < 1.29 is 14.3 Å². The van der Waals surface area contributed by atoms with E-state index in [1.165, 1.54) is 18.4 Å². The van der Waals surface area contributed by atoms with Gasteiger partial charge in [-0.25, -0.2) is 9.78 Å². The summed E-state index contributed by atoms with van der Waals surface area (Å²) in [6.07, 6.45) is 3.44. The number of aromatic carboxylic acids is 1. The molecule has 0 amide bonds. The molecule has 4 rings (SSSR count). The van der Waals surface area contributed by atoms with Crippen LogP contribution in [-0.2, 0) is 6.42 Å². The molecule has 0 saturated heterocycles. The summed E-state index contributed by atoms with van der Waals surface area (Å²) in [6, 6.07) is 17.6. The van der Waals surface area contributed by atoms with Crippen molar-refractivity contribution in [2.75, 3.05) is 0 Å². The lowest BCUT2D eigenvalue weighted by Gasteiger charge is -2.09. The van der Waals surface area contributed by atoms with Crippen LogP contribution in [0.1, 0.15) is 46.8 Å². The highest BCUT2D eigenvalue weighted by Gasteiger charge is 2.17. The lowest BCUT2D eigenvalue weighted by Crippen LogP contribution is -2.01. The van der Waals surface area contributed by atoms with Crippen LogP contribution in [0.25, 0.3) is 33.7 Å². The standard InChI is InChI=1S/C26H25NO3/c1-4-5-6-18-7-9-19(10-8-18)23-11-12-24(30-23)22-15-21(26(28)29)20-14-16(2)13-17(3)25(20)27-22/h7-15H,4-6H2,1-3H3,(H,28,29). The van der Waals surface area contributed by atoms with Crippen molar-refractivity contribution in [3.63, 3.8) is 0 Å². The van der Waals surface area contributed by atoms with E-state index in [4.69, 9.17) is 9.40 Å². The number of nitrogens with zero attached hydrogens (tertiary/aromatic N) is 1. The highest BCUT2D eigenvalue weighted by Crippen LogP contribution is 2.31. The molecule has 0 bridgehead atoms. The van der Waals surface area contributed by atoms with Crippen molar-refractivity contribution in [2.24, 2.45) is 0 Å². The topological polar surface area (TPSA) is 63.3 Å². The molecular formula is C26H25NO3. The number of aryl methyl sites for hydroxylation is 3. The van der Waals surface area contributed by atoms with Gasteiger partial charge in [0.05, 0.1) is 11.1 Å². The molecule has 2 aromatic carbocycles. The predicted octanol–water partition coefficient (Wildman–Crippen LogP) is 6.82. The second-order valence-corrected chi connectivity index (χ2v) is 7.80. The van der Waals surface area contributed by atoms with Gasteiger partial charge in [0.25, 0.3) is 0 Å². The van der Waals surface area contributed by atoms with Crippen LogP contribution in [0.5, 0.6) is 0 Å². The highest BCUT2D eigenvalue weighted by molar-refractivity contribution is 6.04. The summed E-state index contributed by atoms with van der Waals surface area (Å²) in [5.41, 5.74) is 5.72. The Bertz CT molecular complexity index is 1220. The zero-order valence-electron chi connectivity index (χ0n) is 17.5. The van der Waals surface area contributed by atoms with Gasteiger partial charge in [-0.1, -0.05) is 49.2 Å². The molecule has 2 aromatic heterocycles. The van der Waals surface area contributed by atoms with E-state index >= 15 is 0 Å². The molecule has 4 aromatic rings. The Morgan fingerprint density at radius 1 is 1.00 bits per heavy atom. The summed E-state index contributed by atoms with van der Waals surface area (Å²) in [5.74, 6) is 0.332. The number of benzene rings is 2. The number of hydrogen-bond acceptors (Lipinski definition) is 3. The van der Waals surface area contributed by atoms with E-state index in [2.05, 4.69) is 31.2 Å². The summed E-state index contributed by atoms with van der Waals surface area (Å²) < 4.78 is 6.07. The van der Waals surface area contributed by atoms with E-state index in [-0.39, 0.29) is 5.56 Å². The number of furan rings is 1. The molecule has 0 aliphatic carbocycles. The van der Waals surface area contributed by atoms with Crippen molar-refractivity contribution in [2.45, 2.75) is 40.0 Å². The van der Waals surface area contributed by atoms with Gasteiger partial charge in [0, 0.05) is 10.9 Å². The number of carboxylic acid groups (broad SMARTS) is 1. The summed E-state index contributed by atoms with van der Waals surface area (Å²) in [4.78, 5) is 16.6. The molecule has 0 spiro atoms. The third-order valence-corrected chi connectivity index (χ3v) is 5.39. The predicted molar refractivity (Wildman–Crippen MR) is 120 cm³/mol. The molecule has 0 saturated carbocycles. The molecule has 0 radical (unpaired) electrons. The number of fused-ring (bicyclic) bond motifs is 1. The summed E-state index contributed by atoms with van der Waals surface area (Å²) in [7, 11) is 0. The zero-order valence-corrected chi connectivity index (χ0v) is 17.5. The fraction of sp³-hybridized carbons (Fsp3) is 0.231. The first-order valence-corrected chi connectivity index (χ1v) is 10.3. The highest BCUT2D eigenvalue weighted by atomic mass is 16.4. The maximum atomic E-state index is 11.9. The maximum absolute atomic E-state index is 11.9. The minimum atomic E-state index is -0.969. The number of aromatic nitrogens is 1. The molecular weight excluding hydrogens is 374 g/mol. The Morgan fingerprint density at radius 3 is 2.43 bits per heavy atom. The van der Waals surface area contributed by atoms with Crippen LogP contribution in [-0.4, -0.2) is 16.1 Å². The molecule has 4 heteroatoms. The average Bonchev–Trinajstić information content (AvgIpc) is 3.22. The first-order valence-electron chi connectivity index (χ1n) is 10.3. The van der Waals surface area contributed by atoms with E-state index in [0.717, 1.165) is 28.9 Å². The van der Waals surface area contributed by atoms with E-state index in [1.807, 2.05) is 38.1 Å². The van der Waals surface area contributed by atoms with Crippen LogP contribution in [0, 0.1) is 13.8 Å². The molecule has 1 N–H and O–H groups in total. The summed E-state index contributed by atoms with van der Waals surface area (Å²) in [5, 5.41) is 10.4. The molecule has 0 aliphatic heterocycles. The Morgan fingerprint density at radius 2 is 1.73 bits per heavy atom. The number of hydrogen-bond donors (Lipinski definition) is 1. The molecule has 30 heavy (non-hydrogen) atoms. The molecule has 2 heterocycles. The average molecular weight is 399 g/mol. The Balaban J connectivity index is 1.73. The number of pyridine rings is 1. The fourth-order valence-corrected chi connectivity index (χ4v) is 3.83. The number of rotatable bonds is 6. The van der Waals surface area contributed by atoms with Crippen LogP contribution in [0.15, 0.2) is 59.0 Å². The smallest absolute Gasteiger partial charge is 0.336 e. The second kappa shape index (κ2) is 8.15. The van der Waals surface area contributed by atoms with Crippen molar-refractivity contribution in [1.29, 1.82) is 0 Å². The van der Waals surface area contributed by atoms with Crippen LogP contribution < -0.4 is 0 Å². The van der Waals surface area contributed by atoms with Gasteiger partial charge < -0.3 is 9.52 Å². The minimum Gasteiger partial charge on any atom is -0.478 e. The third-order valence-electron chi connectivity index (χ3n) is 5.39. The SMILES string of the molecule is CCCCc1ccc(-c2ccc(-c3cc(C(=O)O)c4cc(C)cc(C)c4n3)o2)cc1. The second-order valence-electron chi connectivity index (χ2n) is 7.80. The van der Waals surface area contributed by atoms with Gasteiger partial charge in [-0.2, -0.15) is 0 Å². The van der Waals surface area contributed by atoms with Crippen LogP contribution in [0.4, 0.5) is 0 Å². The van der Waals surface area contributed by atoms with E-state index in [9.17, 15) is 9.90 Å². The third kappa shape index (κ3) is 3.86. The van der Waals surface area contributed by atoms with Gasteiger partial charge in [-0.3, -0.25) is 0 Å². The lowest BCUT2D eigenvalue weighted by atomic mass is 10.0. The van der Waals surface area contributed by atoms with E-state index < -0.39 is 5.97 Å². The molecule has 0 aliphatic rings. The van der Waals surface area contributed by atoms with Gasteiger partial charge in [0.2, 0.25) is 0 Å². The van der Waals surface area contributed by atoms with Crippen molar-refractivity contribution in [3.05, 3.63) is 76.9 Å². The van der Waals surface area contributed by atoms with E-state index in [0.29, 0.717) is 22.4 Å². The van der Waals surface area contributed by atoms with Gasteiger partial charge in [-0.15, -0.1) is 0 Å². The van der Waals surface area contributed by atoms with E-state index in [1.54, 1.807) is 6.07 Å². The summed E-state index contributed by atoms with van der Waals surface area (Å²) in [6.45, 7) is 6.10. The first-order chi connectivity index (χ1) is 14.5. The molecule has 0 atom stereocenters.